The highest BCUT2D eigenvalue weighted by Crippen LogP contribution is 2.20. The van der Waals surface area contributed by atoms with Crippen molar-refractivity contribution in [3.63, 3.8) is 0 Å². The first-order valence-corrected chi connectivity index (χ1v) is 8.20. The van der Waals surface area contributed by atoms with Crippen LogP contribution in [0.4, 0.5) is 4.39 Å². The van der Waals surface area contributed by atoms with Crippen molar-refractivity contribution in [1.82, 2.24) is 15.1 Å². The van der Waals surface area contributed by atoms with Crippen LogP contribution in [0.3, 0.4) is 0 Å². The van der Waals surface area contributed by atoms with Crippen molar-refractivity contribution in [2.45, 2.75) is 25.4 Å². The van der Waals surface area contributed by atoms with E-state index >= 15 is 0 Å². The molecule has 1 aromatic carbocycles. The molecule has 3 rings (SSSR count). The lowest BCUT2D eigenvalue weighted by Crippen LogP contribution is -2.52. The zero-order chi connectivity index (χ0) is 15.5. The highest BCUT2D eigenvalue weighted by molar-refractivity contribution is 6.31. The first-order valence-electron chi connectivity index (χ1n) is 7.82. The van der Waals surface area contributed by atoms with Gasteiger partial charge in [-0.25, -0.2) is 4.39 Å². The maximum atomic E-state index is 13.1. The molecule has 1 aromatic rings. The summed E-state index contributed by atoms with van der Waals surface area (Å²) in [6.45, 7) is 4.78. The van der Waals surface area contributed by atoms with E-state index in [0.29, 0.717) is 11.6 Å². The van der Waals surface area contributed by atoms with Gasteiger partial charge < -0.3 is 10.2 Å². The van der Waals surface area contributed by atoms with Crippen LogP contribution in [0.5, 0.6) is 0 Å². The highest BCUT2D eigenvalue weighted by atomic mass is 35.5. The van der Waals surface area contributed by atoms with E-state index in [2.05, 4.69) is 10.2 Å². The van der Waals surface area contributed by atoms with E-state index in [1.165, 1.54) is 12.1 Å². The van der Waals surface area contributed by atoms with Gasteiger partial charge in [0, 0.05) is 37.7 Å². The fourth-order valence-corrected chi connectivity index (χ4v) is 3.36. The van der Waals surface area contributed by atoms with E-state index in [-0.39, 0.29) is 30.2 Å². The first kappa shape index (κ1) is 18.5. The number of hydrogen-bond acceptors (Lipinski definition) is 3. The summed E-state index contributed by atoms with van der Waals surface area (Å²) in [6, 6.07) is 4.53. The molecule has 2 fully saturated rings. The molecule has 0 aliphatic carbocycles. The van der Waals surface area contributed by atoms with Crippen LogP contribution in [0, 0.1) is 5.82 Å². The van der Waals surface area contributed by atoms with Gasteiger partial charge in [0.1, 0.15) is 5.82 Å². The van der Waals surface area contributed by atoms with Gasteiger partial charge in [0.2, 0.25) is 5.91 Å². The van der Waals surface area contributed by atoms with Gasteiger partial charge in [0.05, 0.1) is 6.04 Å². The van der Waals surface area contributed by atoms with Crippen LogP contribution in [0.1, 0.15) is 18.4 Å². The van der Waals surface area contributed by atoms with E-state index in [0.717, 1.165) is 51.1 Å². The second-order valence-electron chi connectivity index (χ2n) is 5.99. The molecule has 0 saturated carbocycles. The monoisotopic (exact) mass is 361 g/mol. The maximum absolute atomic E-state index is 13.1. The van der Waals surface area contributed by atoms with Gasteiger partial charge in [-0.3, -0.25) is 9.69 Å². The van der Waals surface area contributed by atoms with Crippen molar-refractivity contribution in [2.24, 2.45) is 0 Å². The molecule has 4 nitrogen and oxygen atoms in total. The van der Waals surface area contributed by atoms with Gasteiger partial charge in [-0.15, -0.1) is 12.4 Å². The normalized spacial score (nSPS) is 22.0. The third-order valence-electron chi connectivity index (χ3n) is 4.45. The summed E-state index contributed by atoms with van der Waals surface area (Å²) in [4.78, 5) is 16.5. The minimum absolute atomic E-state index is 0. The molecule has 2 heterocycles. The van der Waals surface area contributed by atoms with Crippen LogP contribution >= 0.6 is 24.0 Å². The van der Waals surface area contributed by atoms with Gasteiger partial charge in [0.15, 0.2) is 0 Å². The summed E-state index contributed by atoms with van der Waals surface area (Å²) in [7, 11) is 0. The van der Waals surface area contributed by atoms with Crippen molar-refractivity contribution < 1.29 is 9.18 Å². The molecule has 1 N–H and O–H groups in total. The fraction of sp³-hybridized carbons (Fsp3) is 0.562. The molecule has 1 amide bonds. The van der Waals surface area contributed by atoms with Crippen LogP contribution in [0.2, 0.25) is 5.02 Å². The van der Waals surface area contributed by atoms with Crippen LogP contribution < -0.4 is 5.32 Å². The summed E-state index contributed by atoms with van der Waals surface area (Å²) < 4.78 is 13.1. The third-order valence-corrected chi connectivity index (χ3v) is 4.80. The molecule has 128 valence electrons. The van der Waals surface area contributed by atoms with Crippen LogP contribution in [-0.4, -0.2) is 54.5 Å². The average molecular weight is 362 g/mol. The smallest absolute Gasteiger partial charge is 0.239 e. The standard InChI is InChI=1S/C16H21ClFN3O.ClH/c17-14-10-13(18)4-3-12(14)11-20-6-8-21(9-7-20)16(22)15-2-1-5-19-15;/h3-4,10,15,19H,1-2,5-9,11H2;1H. The number of carbonyl (C=O) groups is 1. The molecule has 0 spiro atoms. The molecule has 2 aliphatic rings. The predicted molar refractivity (Wildman–Crippen MR) is 91.5 cm³/mol. The molecule has 7 heteroatoms. The van der Waals surface area contributed by atoms with Gasteiger partial charge in [-0.05, 0) is 37.1 Å². The zero-order valence-electron chi connectivity index (χ0n) is 12.9. The van der Waals surface area contributed by atoms with E-state index in [9.17, 15) is 9.18 Å². The van der Waals surface area contributed by atoms with Gasteiger partial charge in [-0.2, -0.15) is 0 Å². The second-order valence-corrected chi connectivity index (χ2v) is 6.39. The van der Waals surface area contributed by atoms with Crippen molar-refractivity contribution in [3.8, 4) is 0 Å². The largest absolute Gasteiger partial charge is 0.339 e. The van der Waals surface area contributed by atoms with E-state index in [4.69, 9.17) is 11.6 Å². The molecule has 0 radical (unpaired) electrons. The van der Waals surface area contributed by atoms with Crippen molar-refractivity contribution in [1.29, 1.82) is 0 Å². The molecule has 2 saturated heterocycles. The summed E-state index contributed by atoms with van der Waals surface area (Å²) in [6.07, 6.45) is 2.03. The number of hydrogen-bond donors (Lipinski definition) is 1. The number of carbonyl (C=O) groups excluding carboxylic acids is 1. The van der Waals surface area contributed by atoms with Gasteiger partial charge >= 0.3 is 0 Å². The van der Waals surface area contributed by atoms with Crippen LogP contribution in [0.15, 0.2) is 18.2 Å². The Labute approximate surface area is 147 Å². The van der Waals surface area contributed by atoms with Crippen LogP contribution in [-0.2, 0) is 11.3 Å². The zero-order valence-corrected chi connectivity index (χ0v) is 14.5. The van der Waals surface area contributed by atoms with Crippen molar-refractivity contribution >= 4 is 29.9 Å². The average Bonchev–Trinajstić information content (AvgIpc) is 3.04. The number of rotatable bonds is 3. The number of nitrogens with one attached hydrogen (secondary N) is 1. The summed E-state index contributed by atoms with van der Waals surface area (Å²) in [5, 5.41) is 3.73. The molecule has 23 heavy (non-hydrogen) atoms. The van der Waals surface area contributed by atoms with E-state index in [1.807, 2.05) is 4.90 Å². The van der Waals surface area contributed by atoms with Gasteiger partial charge in [0.25, 0.3) is 0 Å². The minimum Gasteiger partial charge on any atom is -0.339 e. The van der Waals surface area contributed by atoms with E-state index in [1.54, 1.807) is 6.07 Å². The van der Waals surface area contributed by atoms with E-state index < -0.39 is 0 Å². The summed E-state index contributed by atoms with van der Waals surface area (Å²) in [5.41, 5.74) is 0.931. The Bertz CT molecular complexity index is 544. The molecule has 0 aromatic heterocycles. The minimum atomic E-state index is -0.312. The Morgan fingerprint density at radius 3 is 2.65 bits per heavy atom. The third kappa shape index (κ3) is 4.57. The predicted octanol–water partition coefficient (Wildman–Crippen LogP) is 2.30. The molecule has 2 aliphatic heterocycles. The lowest BCUT2D eigenvalue weighted by atomic mass is 10.1. The van der Waals surface area contributed by atoms with Gasteiger partial charge in [-0.1, -0.05) is 17.7 Å². The maximum Gasteiger partial charge on any atom is 0.239 e. The second kappa shape index (κ2) is 8.29. The summed E-state index contributed by atoms with van der Waals surface area (Å²) >= 11 is 6.07. The number of halogens is 3. The first-order chi connectivity index (χ1) is 10.6. The number of benzene rings is 1. The quantitative estimate of drug-likeness (QED) is 0.896. The van der Waals surface area contributed by atoms with Crippen molar-refractivity contribution in [3.05, 3.63) is 34.6 Å². The van der Waals surface area contributed by atoms with Crippen LogP contribution in [0.25, 0.3) is 0 Å². The molecule has 0 bridgehead atoms. The fourth-order valence-electron chi connectivity index (χ4n) is 3.13. The SMILES string of the molecule is Cl.O=C(C1CCCN1)N1CCN(Cc2ccc(F)cc2Cl)CC1. The Hall–Kier alpha value is -0.880. The number of amides is 1. The topological polar surface area (TPSA) is 35.6 Å². The lowest BCUT2D eigenvalue weighted by Gasteiger charge is -2.36. The molecule has 1 unspecified atom stereocenters. The highest BCUT2D eigenvalue weighted by Gasteiger charge is 2.29. The Morgan fingerprint density at radius 1 is 1.30 bits per heavy atom. The summed E-state index contributed by atoms with van der Waals surface area (Å²) in [5.74, 6) is -0.0785. The number of piperazine rings is 1. The number of nitrogens with zero attached hydrogens (tertiary/aromatic N) is 2. The Kier molecular flexibility index (Phi) is 6.65. The Morgan fingerprint density at radius 2 is 2.04 bits per heavy atom. The molecular formula is C16H22Cl2FN3O. The Balaban J connectivity index is 0.00000192. The molecular weight excluding hydrogens is 340 g/mol. The van der Waals surface area contributed by atoms with Crippen molar-refractivity contribution in [2.75, 3.05) is 32.7 Å². The lowest BCUT2D eigenvalue weighted by molar-refractivity contribution is -0.134. The molecule has 1 atom stereocenters.